The zero-order valence-corrected chi connectivity index (χ0v) is 16.1. The molecule has 5 nitrogen and oxygen atoms in total. The van der Waals surface area contributed by atoms with Crippen molar-refractivity contribution in [3.63, 3.8) is 0 Å². The number of aromatic nitrogens is 2. The Labute approximate surface area is 162 Å². The summed E-state index contributed by atoms with van der Waals surface area (Å²) in [6, 6.07) is 17.0. The SMILES string of the molecule is Cc1cccc(CSCC(=O)Nc2cccc(-c3nc(C)cc(=O)[nH]3)c2)c1. The van der Waals surface area contributed by atoms with Crippen LogP contribution in [0.2, 0.25) is 0 Å². The summed E-state index contributed by atoms with van der Waals surface area (Å²) in [7, 11) is 0. The number of aryl methyl sites for hydroxylation is 2. The van der Waals surface area contributed by atoms with Gasteiger partial charge in [-0.3, -0.25) is 9.59 Å². The number of carbonyl (C=O) groups is 1. The molecule has 2 aromatic carbocycles. The number of thioether (sulfide) groups is 1. The van der Waals surface area contributed by atoms with Gasteiger partial charge in [0.05, 0.1) is 5.75 Å². The number of benzene rings is 2. The average molecular weight is 379 g/mol. The lowest BCUT2D eigenvalue weighted by molar-refractivity contribution is -0.113. The van der Waals surface area contributed by atoms with Crippen LogP contribution in [0.1, 0.15) is 16.8 Å². The quantitative estimate of drug-likeness (QED) is 0.681. The molecule has 0 aliphatic carbocycles. The molecular formula is C21H21N3O2S. The lowest BCUT2D eigenvalue weighted by atomic mass is 10.2. The van der Waals surface area contributed by atoms with Crippen molar-refractivity contribution in [3.8, 4) is 11.4 Å². The molecule has 138 valence electrons. The zero-order valence-electron chi connectivity index (χ0n) is 15.3. The molecule has 1 aromatic heterocycles. The highest BCUT2D eigenvalue weighted by Gasteiger charge is 2.07. The topological polar surface area (TPSA) is 74.8 Å². The first-order valence-electron chi connectivity index (χ1n) is 8.61. The van der Waals surface area contributed by atoms with Crippen LogP contribution in [0.4, 0.5) is 5.69 Å². The van der Waals surface area contributed by atoms with Crippen LogP contribution < -0.4 is 10.9 Å². The summed E-state index contributed by atoms with van der Waals surface area (Å²) in [4.78, 5) is 30.9. The predicted molar refractivity (Wildman–Crippen MR) is 111 cm³/mol. The summed E-state index contributed by atoms with van der Waals surface area (Å²) in [6.45, 7) is 3.83. The Hall–Kier alpha value is -2.86. The molecule has 0 saturated carbocycles. The number of aromatic amines is 1. The molecule has 2 N–H and O–H groups in total. The number of amides is 1. The molecule has 0 saturated heterocycles. The van der Waals surface area contributed by atoms with E-state index in [1.54, 1.807) is 24.8 Å². The minimum absolute atomic E-state index is 0.0597. The zero-order chi connectivity index (χ0) is 19.2. The van der Waals surface area contributed by atoms with Crippen LogP contribution in [0.3, 0.4) is 0 Å². The smallest absolute Gasteiger partial charge is 0.251 e. The van der Waals surface area contributed by atoms with Gasteiger partial charge in [0, 0.05) is 28.8 Å². The Morgan fingerprint density at radius 3 is 2.70 bits per heavy atom. The van der Waals surface area contributed by atoms with E-state index in [1.165, 1.54) is 17.2 Å². The van der Waals surface area contributed by atoms with Gasteiger partial charge in [-0.2, -0.15) is 0 Å². The minimum Gasteiger partial charge on any atom is -0.325 e. The summed E-state index contributed by atoms with van der Waals surface area (Å²) in [5, 5.41) is 2.90. The van der Waals surface area contributed by atoms with Gasteiger partial charge in [0.1, 0.15) is 5.82 Å². The van der Waals surface area contributed by atoms with Crippen molar-refractivity contribution in [2.75, 3.05) is 11.1 Å². The Kier molecular flexibility index (Phi) is 6.08. The van der Waals surface area contributed by atoms with E-state index in [2.05, 4.69) is 40.4 Å². The number of anilines is 1. The second kappa shape index (κ2) is 8.68. The summed E-state index contributed by atoms with van der Waals surface area (Å²) in [6.07, 6.45) is 0. The average Bonchev–Trinajstić information content (AvgIpc) is 2.61. The van der Waals surface area contributed by atoms with Crippen LogP contribution in [0.25, 0.3) is 11.4 Å². The van der Waals surface area contributed by atoms with Gasteiger partial charge in [-0.1, -0.05) is 42.0 Å². The Bertz CT molecular complexity index is 1010. The number of rotatable bonds is 6. The molecule has 0 fully saturated rings. The van der Waals surface area contributed by atoms with Gasteiger partial charge in [-0.05, 0) is 31.5 Å². The molecule has 1 heterocycles. The molecule has 1 amide bonds. The monoisotopic (exact) mass is 379 g/mol. The molecule has 3 aromatic rings. The normalized spacial score (nSPS) is 10.6. The van der Waals surface area contributed by atoms with Gasteiger partial charge in [0.25, 0.3) is 5.56 Å². The van der Waals surface area contributed by atoms with Crippen molar-refractivity contribution in [3.05, 3.63) is 81.8 Å². The van der Waals surface area contributed by atoms with Gasteiger partial charge in [-0.25, -0.2) is 4.98 Å². The van der Waals surface area contributed by atoms with Crippen LogP contribution in [0.15, 0.2) is 59.4 Å². The fourth-order valence-electron chi connectivity index (χ4n) is 2.72. The lowest BCUT2D eigenvalue weighted by Crippen LogP contribution is -2.14. The van der Waals surface area contributed by atoms with Crippen molar-refractivity contribution in [2.45, 2.75) is 19.6 Å². The van der Waals surface area contributed by atoms with E-state index in [1.807, 2.05) is 24.3 Å². The molecule has 0 radical (unpaired) electrons. The third-order valence-corrected chi connectivity index (χ3v) is 4.88. The highest BCUT2D eigenvalue weighted by molar-refractivity contribution is 7.99. The summed E-state index contributed by atoms with van der Waals surface area (Å²) in [5.74, 6) is 1.60. The Balaban J connectivity index is 1.60. The maximum atomic E-state index is 12.2. The van der Waals surface area contributed by atoms with Crippen LogP contribution >= 0.6 is 11.8 Å². The van der Waals surface area contributed by atoms with Crippen molar-refractivity contribution >= 4 is 23.4 Å². The lowest BCUT2D eigenvalue weighted by Gasteiger charge is -2.08. The predicted octanol–water partition coefficient (Wildman–Crippen LogP) is 3.93. The molecule has 3 rings (SSSR count). The molecular weight excluding hydrogens is 358 g/mol. The molecule has 0 aliphatic rings. The van der Waals surface area contributed by atoms with E-state index >= 15 is 0 Å². The number of hydrogen-bond acceptors (Lipinski definition) is 4. The van der Waals surface area contributed by atoms with E-state index in [-0.39, 0.29) is 11.5 Å². The van der Waals surface area contributed by atoms with Crippen molar-refractivity contribution < 1.29 is 4.79 Å². The van der Waals surface area contributed by atoms with Crippen molar-refractivity contribution in [1.29, 1.82) is 0 Å². The molecule has 0 unspecified atom stereocenters. The van der Waals surface area contributed by atoms with Crippen LogP contribution in [0, 0.1) is 13.8 Å². The van der Waals surface area contributed by atoms with Crippen molar-refractivity contribution in [2.24, 2.45) is 0 Å². The van der Waals surface area contributed by atoms with E-state index in [0.29, 0.717) is 23.0 Å². The first-order chi connectivity index (χ1) is 13.0. The molecule has 6 heteroatoms. The van der Waals surface area contributed by atoms with Gasteiger partial charge >= 0.3 is 0 Å². The van der Waals surface area contributed by atoms with Gasteiger partial charge in [0.15, 0.2) is 0 Å². The maximum absolute atomic E-state index is 12.2. The van der Waals surface area contributed by atoms with E-state index in [9.17, 15) is 9.59 Å². The maximum Gasteiger partial charge on any atom is 0.251 e. The molecule has 0 aliphatic heterocycles. The van der Waals surface area contributed by atoms with Gasteiger partial charge in [0.2, 0.25) is 5.91 Å². The molecule has 0 spiro atoms. The van der Waals surface area contributed by atoms with Crippen LogP contribution in [-0.4, -0.2) is 21.6 Å². The molecule has 27 heavy (non-hydrogen) atoms. The number of carbonyl (C=O) groups excluding carboxylic acids is 1. The van der Waals surface area contributed by atoms with Crippen LogP contribution in [-0.2, 0) is 10.5 Å². The summed E-state index contributed by atoms with van der Waals surface area (Å²) < 4.78 is 0. The second-order valence-corrected chi connectivity index (χ2v) is 7.33. The van der Waals surface area contributed by atoms with Gasteiger partial charge < -0.3 is 10.3 Å². The fraction of sp³-hybridized carbons (Fsp3) is 0.190. The molecule has 0 bridgehead atoms. The summed E-state index contributed by atoms with van der Waals surface area (Å²) in [5.41, 5.74) is 4.32. The van der Waals surface area contributed by atoms with Crippen molar-refractivity contribution in [1.82, 2.24) is 9.97 Å². The van der Waals surface area contributed by atoms with Crippen LogP contribution in [0.5, 0.6) is 0 Å². The first kappa shape index (κ1) is 18.9. The second-order valence-electron chi connectivity index (χ2n) is 6.35. The Morgan fingerprint density at radius 2 is 1.93 bits per heavy atom. The number of H-pyrrole nitrogens is 1. The minimum atomic E-state index is -0.195. The summed E-state index contributed by atoms with van der Waals surface area (Å²) >= 11 is 1.58. The highest BCUT2D eigenvalue weighted by atomic mass is 32.2. The highest BCUT2D eigenvalue weighted by Crippen LogP contribution is 2.19. The van der Waals surface area contributed by atoms with E-state index in [4.69, 9.17) is 0 Å². The third kappa shape index (κ3) is 5.56. The van der Waals surface area contributed by atoms with Gasteiger partial charge in [-0.15, -0.1) is 11.8 Å². The van der Waals surface area contributed by atoms with E-state index < -0.39 is 0 Å². The first-order valence-corrected chi connectivity index (χ1v) is 9.76. The Morgan fingerprint density at radius 1 is 1.11 bits per heavy atom. The number of nitrogens with zero attached hydrogens (tertiary/aromatic N) is 1. The molecule has 0 atom stereocenters. The third-order valence-electron chi connectivity index (χ3n) is 3.87. The standard InChI is InChI=1S/C21H21N3O2S/c1-14-5-3-6-16(9-14)12-27-13-20(26)23-18-8-4-7-17(11-18)21-22-15(2)10-19(25)24-21/h3-11H,12-13H2,1-2H3,(H,23,26)(H,22,24,25). The number of nitrogens with one attached hydrogen (secondary N) is 2. The number of hydrogen-bond donors (Lipinski definition) is 2. The fourth-order valence-corrected chi connectivity index (χ4v) is 3.50. The largest absolute Gasteiger partial charge is 0.325 e. The van der Waals surface area contributed by atoms with E-state index in [0.717, 1.165) is 11.3 Å².